The lowest BCUT2D eigenvalue weighted by Gasteiger charge is -2.46. The van der Waals surface area contributed by atoms with E-state index in [4.69, 9.17) is 12.2 Å². The molecule has 1 aliphatic rings. The minimum atomic E-state index is -5.14. The highest BCUT2D eigenvalue weighted by Gasteiger charge is 2.65. The van der Waals surface area contributed by atoms with Crippen LogP contribution in [0.4, 0.5) is 13.2 Å². The number of hydrogen-bond donors (Lipinski definition) is 3. The monoisotopic (exact) mass is 381 g/mol. The molecule has 3 rings (SSSR count). The molecule has 1 aromatic carbocycles. The zero-order chi connectivity index (χ0) is 18.9. The fourth-order valence-electron chi connectivity index (χ4n) is 2.96. The highest BCUT2D eigenvalue weighted by Crippen LogP contribution is 2.43. The molecular weight excluding hydrogens is 367 g/mol. The summed E-state index contributed by atoms with van der Waals surface area (Å²) >= 11 is 4.84. The maximum absolute atomic E-state index is 13.7. The van der Waals surface area contributed by atoms with Crippen molar-refractivity contribution in [3.8, 4) is 0 Å². The number of thiocarbonyl (C=S) groups is 1. The molecule has 0 unspecified atom stereocenters. The van der Waals surface area contributed by atoms with Crippen molar-refractivity contribution in [2.24, 2.45) is 5.92 Å². The van der Waals surface area contributed by atoms with Gasteiger partial charge in [0.1, 0.15) is 5.92 Å². The number of benzene rings is 1. The van der Waals surface area contributed by atoms with E-state index in [0.29, 0.717) is 5.56 Å². The Balaban J connectivity index is 2.15. The lowest BCUT2D eigenvalue weighted by molar-refractivity contribution is -0.285. The molecule has 0 bridgehead atoms. The van der Waals surface area contributed by atoms with Crippen LogP contribution in [-0.2, 0) is 0 Å². The number of carbonyl (C=O) groups is 1. The molecule has 1 fully saturated rings. The van der Waals surface area contributed by atoms with Crippen LogP contribution in [0.5, 0.6) is 0 Å². The Morgan fingerprint density at radius 2 is 1.88 bits per heavy atom. The van der Waals surface area contributed by atoms with Gasteiger partial charge in [0.25, 0.3) is 0 Å². The normalized spacial score (nSPS) is 25.9. The average molecular weight is 381 g/mol. The molecule has 2 aromatic rings. The Hall–Kier alpha value is -2.52. The number of Topliss-reactive ketones (excluding diaryl/α,β-unsaturated/α-hetero) is 1. The van der Waals surface area contributed by atoms with Crippen LogP contribution in [0.25, 0.3) is 0 Å². The second-order valence-corrected chi connectivity index (χ2v) is 6.24. The zero-order valence-electron chi connectivity index (χ0n) is 13.2. The van der Waals surface area contributed by atoms with Crippen molar-refractivity contribution in [3.63, 3.8) is 0 Å². The maximum Gasteiger partial charge on any atom is 0.437 e. The number of aliphatic hydroxyl groups is 1. The molecule has 0 amide bonds. The summed E-state index contributed by atoms with van der Waals surface area (Å²) in [5, 5.41) is 14.6. The van der Waals surface area contributed by atoms with Crippen LogP contribution in [0, 0.1) is 5.92 Å². The smallest absolute Gasteiger partial charge is 0.363 e. The van der Waals surface area contributed by atoms with Gasteiger partial charge < -0.3 is 15.7 Å². The van der Waals surface area contributed by atoms with Crippen molar-refractivity contribution in [2.75, 3.05) is 0 Å². The van der Waals surface area contributed by atoms with E-state index in [9.17, 15) is 23.1 Å². The first-order valence-corrected chi connectivity index (χ1v) is 8.02. The van der Waals surface area contributed by atoms with E-state index >= 15 is 0 Å². The summed E-state index contributed by atoms with van der Waals surface area (Å²) in [6.45, 7) is 0. The van der Waals surface area contributed by atoms with Gasteiger partial charge in [0, 0.05) is 18.0 Å². The van der Waals surface area contributed by atoms with E-state index in [0.717, 1.165) is 0 Å². The van der Waals surface area contributed by atoms with Gasteiger partial charge >= 0.3 is 6.18 Å². The number of nitrogens with zero attached hydrogens (tertiary/aromatic N) is 1. The predicted molar refractivity (Wildman–Crippen MR) is 91.1 cm³/mol. The molecule has 9 heteroatoms. The first-order chi connectivity index (χ1) is 12.2. The zero-order valence-corrected chi connectivity index (χ0v) is 14.0. The first kappa shape index (κ1) is 18.3. The molecule has 1 saturated heterocycles. The lowest BCUT2D eigenvalue weighted by atomic mass is 9.77. The van der Waals surface area contributed by atoms with E-state index in [-0.39, 0.29) is 5.56 Å². The number of alkyl halides is 3. The van der Waals surface area contributed by atoms with Crippen molar-refractivity contribution in [2.45, 2.75) is 17.9 Å². The van der Waals surface area contributed by atoms with Gasteiger partial charge in [0.2, 0.25) is 5.72 Å². The minimum Gasteiger partial charge on any atom is -0.363 e. The van der Waals surface area contributed by atoms with E-state index in [1.54, 1.807) is 6.07 Å². The van der Waals surface area contributed by atoms with Crippen LogP contribution in [0.3, 0.4) is 0 Å². The summed E-state index contributed by atoms with van der Waals surface area (Å²) in [6.07, 6.45) is -2.37. The predicted octanol–water partition coefficient (Wildman–Crippen LogP) is 2.35. The standard InChI is InChI=1S/C17H14F3N3O2S/c18-17(19,20)16(25)12(14(24)10-5-2-1-3-6-10)13(22-15(26)23-16)11-7-4-8-21-9-11/h1-9,12-13,25H,(H2,22,23,26)/t12-,13-,16+/m1/s1. The molecule has 3 atom stereocenters. The van der Waals surface area contributed by atoms with Crippen LogP contribution >= 0.6 is 12.2 Å². The summed E-state index contributed by atoms with van der Waals surface area (Å²) in [7, 11) is 0. The van der Waals surface area contributed by atoms with Crippen LogP contribution in [0.15, 0.2) is 54.9 Å². The van der Waals surface area contributed by atoms with Crippen LogP contribution in [0.1, 0.15) is 22.0 Å². The summed E-state index contributed by atoms with van der Waals surface area (Å²) in [5.74, 6) is -2.79. The van der Waals surface area contributed by atoms with Crippen molar-refractivity contribution >= 4 is 23.1 Å². The Bertz CT molecular complexity index is 817. The lowest BCUT2D eigenvalue weighted by Crippen LogP contribution is -2.72. The van der Waals surface area contributed by atoms with Gasteiger partial charge in [0.15, 0.2) is 10.9 Å². The number of aromatic nitrogens is 1. The summed E-state index contributed by atoms with van der Waals surface area (Å²) in [5.41, 5.74) is -3.18. The van der Waals surface area contributed by atoms with Gasteiger partial charge in [0.05, 0.1) is 6.04 Å². The second kappa shape index (κ2) is 6.65. The van der Waals surface area contributed by atoms with Gasteiger partial charge in [-0.05, 0) is 23.8 Å². The number of ketones is 1. The third-order valence-electron chi connectivity index (χ3n) is 4.19. The number of nitrogens with one attached hydrogen (secondary N) is 2. The van der Waals surface area contributed by atoms with Gasteiger partial charge in [-0.1, -0.05) is 36.4 Å². The Morgan fingerprint density at radius 3 is 2.46 bits per heavy atom. The number of carbonyl (C=O) groups excluding carboxylic acids is 1. The molecule has 26 heavy (non-hydrogen) atoms. The Kier molecular flexibility index (Phi) is 4.68. The van der Waals surface area contributed by atoms with Gasteiger partial charge in [-0.15, -0.1) is 0 Å². The molecule has 0 radical (unpaired) electrons. The van der Waals surface area contributed by atoms with Crippen LogP contribution < -0.4 is 10.6 Å². The van der Waals surface area contributed by atoms with E-state index in [2.05, 4.69) is 10.3 Å². The number of rotatable bonds is 3. The van der Waals surface area contributed by atoms with Gasteiger partial charge in [-0.3, -0.25) is 9.78 Å². The highest BCUT2D eigenvalue weighted by molar-refractivity contribution is 7.80. The molecule has 1 aliphatic heterocycles. The summed E-state index contributed by atoms with van der Waals surface area (Å²) in [4.78, 5) is 16.8. The molecule has 136 valence electrons. The van der Waals surface area contributed by atoms with Crippen LogP contribution in [0.2, 0.25) is 0 Å². The van der Waals surface area contributed by atoms with Crippen molar-refractivity contribution in [1.82, 2.24) is 15.6 Å². The molecule has 5 nitrogen and oxygen atoms in total. The number of hydrogen-bond acceptors (Lipinski definition) is 4. The number of halogens is 3. The van der Waals surface area contributed by atoms with Crippen molar-refractivity contribution < 1.29 is 23.1 Å². The SMILES string of the molecule is O=C(c1ccccc1)[C@H]1[C@@H](c2cccnc2)NC(=S)N[C@@]1(O)C(F)(F)F. The van der Waals surface area contributed by atoms with Gasteiger partial charge in [-0.25, -0.2) is 0 Å². The number of pyridine rings is 1. The van der Waals surface area contributed by atoms with Crippen LogP contribution in [-0.4, -0.2) is 32.9 Å². The molecule has 1 aromatic heterocycles. The highest BCUT2D eigenvalue weighted by atomic mass is 32.1. The molecule has 0 aliphatic carbocycles. The largest absolute Gasteiger partial charge is 0.437 e. The molecule has 0 spiro atoms. The molecule has 0 saturated carbocycles. The quantitative estimate of drug-likeness (QED) is 0.560. The Labute approximate surface area is 152 Å². The van der Waals surface area contributed by atoms with Crippen molar-refractivity contribution in [1.29, 1.82) is 0 Å². The van der Waals surface area contributed by atoms with Crippen molar-refractivity contribution in [3.05, 3.63) is 66.0 Å². The third-order valence-corrected chi connectivity index (χ3v) is 4.41. The summed E-state index contributed by atoms with van der Waals surface area (Å²) in [6, 6.07) is 9.33. The maximum atomic E-state index is 13.7. The van der Waals surface area contributed by atoms with E-state index in [1.807, 2.05) is 5.32 Å². The molecular formula is C17H14F3N3O2S. The summed E-state index contributed by atoms with van der Waals surface area (Å²) < 4.78 is 41.2. The molecule has 2 heterocycles. The third kappa shape index (κ3) is 3.15. The van der Waals surface area contributed by atoms with E-state index < -0.39 is 34.8 Å². The average Bonchev–Trinajstić information content (AvgIpc) is 2.61. The molecule has 3 N–H and O–H groups in total. The fourth-order valence-corrected chi connectivity index (χ4v) is 3.24. The topological polar surface area (TPSA) is 74.2 Å². The fraction of sp³-hybridized carbons (Fsp3) is 0.235. The van der Waals surface area contributed by atoms with Gasteiger partial charge in [-0.2, -0.15) is 13.2 Å². The first-order valence-electron chi connectivity index (χ1n) is 7.61. The second-order valence-electron chi connectivity index (χ2n) is 5.83. The van der Waals surface area contributed by atoms with E-state index in [1.165, 1.54) is 48.8 Å². The Morgan fingerprint density at radius 1 is 1.19 bits per heavy atom. The minimum absolute atomic E-state index is 0.0467.